The first-order valence-corrected chi connectivity index (χ1v) is 8.39. The molecule has 132 valence electrons. The van der Waals surface area contributed by atoms with E-state index < -0.39 is 17.9 Å². The summed E-state index contributed by atoms with van der Waals surface area (Å²) in [7, 11) is 0. The maximum Gasteiger partial charge on any atom is 0.308 e. The average Bonchev–Trinajstić information content (AvgIpc) is 3.12. The quantitative estimate of drug-likeness (QED) is 0.792. The maximum atomic E-state index is 12.5. The van der Waals surface area contributed by atoms with Crippen molar-refractivity contribution in [2.75, 3.05) is 13.1 Å². The Balaban J connectivity index is 2.00. The molecule has 1 aliphatic rings. The van der Waals surface area contributed by atoms with Crippen LogP contribution in [0.3, 0.4) is 0 Å². The number of nitrogens with zero attached hydrogens (tertiary/aromatic N) is 1. The fourth-order valence-electron chi connectivity index (χ4n) is 2.99. The second kappa shape index (κ2) is 8.52. The molecule has 2 heterocycles. The molecule has 1 aliphatic heterocycles. The lowest BCUT2D eigenvalue weighted by atomic mass is 10.00. The number of rotatable bonds is 7. The second-order valence-corrected chi connectivity index (χ2v) is 6.06. The molecule has 1 aromatic rings. The summed E-state index contributed by atoms with van der Waals surface area (Å²) < 4.78 is 5.14. The Morgan fingerprint density at radius 2 is 2.21 bits per heavy atom. The van der Waals surface area contributed by atoms with Gasteiger partial charge in [0.15, 0.2) is 5.76 Å². The third-order valence-electron chi connectivity index (χ3n) is 4.31. The summed E-state index contributed by atoms with van der Waals surface area (Å²) in [5, 5.41) is 11.9. The van der Waals surface area contributed by atoms with Crippen molar-refractivity contribution in [3.05, 3.63) is 24.2 Å². The summed E-state index contributed by atoms with van der Waals surface area (Å²) in [5.74, 6) is -1.90. The lowest BCUT2D eigenvalue weighted by molar-refractivity contribution is -0.142. The van der Waals surface area contributed by atoms with Crippen LogP contribution in [0.25, 0.3) is 0 Å². The molecular formula is C17H24N2O5. The SMILES string of the molecule is CCCC(CNC(=O)C1CCCCN1C(=O)c1ccco1)C(=O)O. The highest BCUT2D eigenvalue weighted by Crippen LogP contribution is 2.20. The van der Waals surface area contributed by atoms with E-state index in [1.54, 1.807) is 12.1 Å². The Bertz CT molecular complexity index is 570. The number of carboxylic acid groups (broad SMARTS) is 1. The van der Waals surface area contributed by atoms with E-state index in [-0.39, 0.29) is 24.1 Å². The molecule has 7 heteroatoms. The number of aliphatic carboxylic acids is 1. The number of piperidine rings is 1. The number of carbonyl (C=O) groups excluding carboxylic acids is 2. The van der Waals surface area contributed by atoms with E-state index in [2.05, 4.69) is 5.32 Å². The number of likely N-dealkylation sites (tertiary alicyclic amines) is 1. The molecule has 0 radical (unpaired) electrons. The Kier molecular flexibility index (Phi) is 6.40. The lowest BCUT2D eigenvalue weighted by Crippen LogP contribution is -2.52. The van der Waals surface area contributed by atoms with Gasteiger partial charge in [-0.1, -0.05) is 13.3 Å². The Morgan fingerprint density at radius 1 is 1.42 bits per heavy atom. The lowest BCUT2D eigenvalue weighted by Gasteiger charge is -2.34. The van der Waals surface area contributed by atoms with Crippen LogP contribution in [-0.2, 0) is 9.59 Å². The molecule has 1 aromatic heterocycles. The van der Waals surface area contributed by atoms with Crippen LogP contribution in [0.5, 0.6) is 0 Å². The zero-order valence-electron chi connectivity index (χ0n) is 13.9. The van der Waals surface area contributed by atoms with Crippen molar-refractivity contribution in [2.45, 2.75) is 45.1 Å². The summed E-state index contributed by atoms with van der Waals surface area (Å²) in [6.45, 7) is 2.49. The number of carboxylic acids is 1. The zero-order chi connectivity index (χ0) is 17.5. The molecule has 2 N–H and O–H groups in total. The molecule has 2 atom stereocenters. The molecule has 0 bridgehead atoms. The molecule has 1 fully saturated rings. The van der Waals surface area contributed by atoms with Crippen molar-refractivity contribution in [3.8, 4) is 0 Å². The molecule has 1 saturated heterocycles. The van der Waals surface area contributed by atoms with Crippen molar-refractivity contribution >= 4 is 17.8 Å². The van der Waals surface area contributed by atoms with Crippen LogP contribution in [0, 0.1) is 5.92 Å². The number of nitrogens with one attached hydrogen (secondary N) is 1. The van der Waals surface area contributed by atoms with E-state index in [0.29, 0.717) is 19.4 Å². The average molecular weight is 336 g/mol. The maximum absolute atomic E-state index is 12.5. The van der Waals surface area contributed by atoms with E-state index in [0.717, 1.165) is 19.3 Å². The van der Waals surface area contributed by atoms with Gasteiger partial charge in [0.2, 0.25) is 5.91 Å². The standard InChI is InChI=1S/C17H24N2O5/c1-2-6-12(17(22)23)11-18-15(20)13-7-3-4-9-19(13)16(21)14-8-5-10-24-14/h5,8,10,12-13H,2-4,6-7,9,11H2,1H3,(H,18,20)(H,22,23). The zero-order valence-corrected chi connectivity index (χ0v) is 13.9. The van der Waals surface area contributed by atoms with Gasteiger partial charge in [0.25, 0.3) is 5.91 Å². The Labute approximate surface area is 141 Å². The van der Waals surface area contributed by atoms with Gasteiger partial charge < -0.3 is 19.7 Å². The van der Waals surface area contributed by atoms with Gasteiger partial charge in [0.05, 0.1) is 12.2 Å². The fraction of sp³-hybridized carbons (Fsp3) is 0.588. The highest BCUT2D eigenvalue weighted by Gasteiger charge is 2.34. The minimum Gasteiger partial charge on any atom is -0.481 e. The number of hydrogen-bond acceptors (Lipinski definition) is 4. The van der Waals surface area contributed by atoms with Gasteiger partial charge in [-0.3, -0.25) is 14.4 Å². The molecule has 2 unspecified atom stereocenters. The Hall–Kier alpha value is -2.31. The van der Waals surface area contributed by atoms with Gasteiger partial charge in [-0.25, -0.2) is 0 Å². The van der Waals surface area contributed by atoms with Crippen molar-refractivity contribution in [3.63, 3.8) is 0 Å². The molecule has 24 heavy (non-hydrogen) atoms. The largest absolute Gasteiger partial charge is 0.481 e. The number of furan rings is 1. The van der Waals surface area contributed by atoms with Crippen LogP contribution < -0.4 is 5.32 Å². The smallest absolute Gasteiger partial charge is 0.308 e. The fourth-order valence-corrected chi connectivity index (χ4v) is 2.99. The molecule has 0 aromatic carbocycles. The van der Waals surface area contributed by atoms with Crippen molar-refractivity contribution in [1.29, 1.82) is 0 Å². The molecule has 0 aliphatic carbocycles. The highest BCUT2D eigenvalue weighted by molar-refractivity contribution is 5.95. The summed E-state index contributed by atoms with van der Waals surface area (Å²) in [4.78, 5) is 37.7. The van der Waals surface area contributed by atoms with E-state index >= 15 is 0 Å². The molecular weight excluding hydrogens is 312 g/mol. The molecule has 2 amide bonds. The number of amides is 2. The summed E-state index contributed by atoms with van der Waals surface area (Å²) >= 11 is 0. The minimum absolute atomic E-state index is 0.0846. The van der Waals surface area contributed by atoms with E-state index in [1.807, 2.05) is 6.92 Å². The van der Waals surface area contributed by atoms with Crippen molar-refractivity contribution in [1.82, 2.24) is 10.2 Å². The molecule has 7 nitrogen and oxygen atoms in total. The minimum atomic E-state index is -0.913. The topological polar surface area (TPSA) is 99.9 Å². The number of carbonyl (C=O) groups is 3. The van der Waals surface area contributed by atoms with Crippen molar-refractivity contribution < 1.29 is 23.9 Å². The predicted molar refractivity (Wildman–Crippen MR) is 86.4 cm³/mol. The van der Waals surface area contributed by atoms with Gasteiger partial charge >= 0.3 is 5.97 Å². The summed E-state index contributed by atoms with van der Waals surface area (Å²) in [6, 6.07) is 2.63. The molecule has 0 spiro atoms. The van der Waals surface area contributed by atoms with Crippen LogP contribution >= 0.6 is 0 Å². The highest BCUT2D eigenvalue weighted by atomic mass is 16.4. The monoisotopic (exact) mass is 336 g/mol. The summed E-state index contributed by atoms with van der Waals surface area (Å²) in [5.41, 5.74) is 0. The number of hydrogen-bond donors (Lipinski definition) is 2. The normalized spacial score (nSPS) is 18.9. The van der Waals surface area contributed by atoms with Gasteiger partial charge in [0.1, 0.15) is 6.04 Å². The first kappa shape index (κ1) is 18.0. The van der Waals surface area contributed by atoms with Gasteiger partial charge in [0, 0.05) is 13.1 Å². The Morgan fingerprint density at radius 3 is 2.83 bits per heavy atom. The van der Waals surface area contributed by atoms with Gasteiger partial charge in [-0.15, -0.1) is 0 Å². The first-order chi connectivity index (χ1) is 11.5. The van der Waals surface area contributed by atoms with Gasteiger partial charge in [-0.2, -0.15) is 0 Å². The third kappa shape index (κ3) is 4.37. The van der Waals surface area contributed by atoms with Crippen LogP contribution in [0.15, 0.2) is 22.8 Å². The predicted octanol–water partition coefficient (Wildman–Crippen LogP) is 1.89. The van der Waals surface area contributed by atoms with Crippen LogP contribution in [-0.4, -0.2) is 46.9 Å². The van der Waals surface area contributed by atoms with E-state index in [9.17, 15) is 14.4 Å². The van der Waals surface area contributed by atoms with Crippen LogP contribution in [0.2, 0.25) is 0 Å². The molecule has 0 saturated carbocycles. The first-order valence-electron chi connectivity index (χ1n) is 8.39. The van der Waals surface area contributed by atoms with Gasteiger partial charge in [-0.05, 0) is 37.8 Å². The van der Waals surface area contributed by atoms with E-state index in [1.165, 1.54) is 11.2 Å². The second-order valence-electron chi connectivity index (χ2n) is 6.06. The van der Waals surface area contributed by atoms with E-state index in [4.69, 9.17) is 9.52 Å². The summed E-state index contributed by atoms with van der Waals surface area (Å²) in [6.07, 6.45) is 4.94. The van der Waals surface area contributed by atoms with Crippen molar-refractivity contribution in [2.24, 2.45) is 5.92 Å². The van der Waals surface area contributed by atoms with Crippen LogP contribution in [0.1, 0.15) is 49.6 Å². The van der Waals surface area contributed by atoms with Crippen LogP contribution in [0.4, 0.5) is 0 Å². The molecule has 2 rings (SSSR count). The third-order valence-corrected chi connectivity index (χ3v) is 4.31.